The molecule has 0 amide bonds. The molecule has 2 heterocycles. The van der Waals surface area contributed by atoms with E-state index in [0.29, 0.717) is 21.8 Å². The fourth-order valence-corrected chi connectivity index (χ4v) is 4.00. The van der Waals surface area contributed by atoms with Crippen LogP contribution in [-0.2, 0) is 21.8 Å². The first kappa shape index (κ1) is 18.2. The van der Waals surface area contributed by atoms with Gasteiger partial charge in [0.2, 0.25) is 0 Å². The van der Waals surface area contributed by atoms with Gasteiger partial charge in [0.1, 0.15) is 6.54 Å². The highest BCUT2D eigenvalue weighted by Gasteiger charge is 2.15. The van der Waals surface area contributed by atoms with E-state index in [0.717, 1.165) is 16.5 Å². The van der Waals surface area contributed by atoms with Crippen LogP contribution in [0.25, 0.3) is 21.8 Å². The molecular formula is C21H17N3O3S. The summed E-state index contributed by atoms with van der Waals surface area (Å²) in [5.74, 6) is 0.0770. The number of para-hydroxylation sites is 2. The molecule has 0 aliphatic heterocycles. The summed E-state index contributed by atoms with van der Waals surface area (Å²) in [6.07, 6.45) is 1.76. The van der Waals surface area contributed by atoms with Crippen molar-refractivity contribution in [2.75, 3.05) is 7.11 Å². The van der Waals surface area contributed by atoms with Gasteiger partial charge in [-0.2, -0.15) is 0 Å². The lowest BCUT2D eigenvalue weighted by atomic mass is 10.1. The number of carbonyl (C=O) groups excluding carboxylic acids is 1. The van der Waals surface area contributed by atoms with Crippen molar-refractivity contribution in [2.24, 2.45) is 0 Å². The van der Waals surface area contributed by atoms with Crippen molar-refractivity contribution in [3.63, 3.8) is 0 Å². The van der Waals surface area contributed by atoms with E-state index in [1.807, 2.05) is 36.4 Å². The van der Waals surface area contributed by atoms with Crippen molar-refractivity contribution in [1.29, 1.82) is 0 Å². The Morgan fingerprint density at radius 2 is 1.93 bits per heavy atom. The van der Waals surface area contributed by atoms with Crippen LogP contribution >= 0.6 is 11.8 Å². The third-order valence-corrected chi connectivity index (χ3v) is 5.44. The van der Waals surface area contributed by atoms with E-state index in [2.05, 4.69) is 9.97 Å². The van der Waals surface area contributed by atoms with Gasteiger partial charge < -0.3 is 4.74 Å². The second-order valence-corrected chi connectivity index (χ2v) is 7.10. The van der Waals surface area contributed by atoms with Gasteiger partial charge in [-0.1, -0.05) is 48.2 Å². The van der Waals surface area contributed by atoms with Gasteiger partial charge in [-0.05, 0) is 23.8 Å². The van der Waals surface area contributed by atoms with Crippen LogP contribution in [0.1, 0.15) is 5.56 Å². The number of ether oxygens (including phenoxy) is 1. The lowest BCUT2D eigenvalue weighted by Crippen LogP contribution is -2.27. The average molecular weight is 391 g/mol. The number of methoxy groups -OCH3 is 1. The summed E-state index contributed by atoms with van der Waals surface area (Å²) in [6, 6.07) is 17.0. The third kappa shape index (κ3) is 3.48. The molecule has 2 aromatic heterocycles. The Kier molecular flexibility index (Phi) is 5.08. The number of carbonyl (C=O) groups is 1. The maximum atomic E-state index is 12.9. The van der Waals surface area contributed by atoms with E-state index in [9.17, 15) is 9.59 Å². The molecule has 6 nitrogen and oxygen atoms in total. The molecule has 7 heteroatoms. The van der Waals surface area contributed by atoms with E-state index in [-0.39, 0.29) is 12.1 Å². The second-order valence-electron chi connectivity index (χ2n) is 6.16. The van der Waals surface area contributed by atoms with E-state index < -0.39 is 5.97 Å². The first-order chi connectivity index (χ1) is 13.7. The predicted octanol–water partition coefficient (Wildman–Crippen LogP) is 3.41. The monoisotopic (exact) mass is 391 g/mol. The van der Waals surface area contributed by atoms with Crippen LogP contribution in [0.3, 0.4) is 0 Å². The molecule has 0 saturated carbocycles. The van der Waals surface area contributed by atoms with Gasteiger partial charge >= 0.3 is 5.97 Å². The van der Waals surface area contributed by atoms with Gasteiger partial charge in [0.25, 0.3) is 5.56 Å². The van der Waals surface area contributed by atoms with Crippen LogP contribution in [0.4, 0.5) is 0 Å². The smallest absolute Gasteiger partial charge is 0.325 e. The molecule has 0 aliphatic rings. The number of thioether (sulfide) groups is 1. The molecule has 140 valence electrons. The Balaban J connectivity index is 1.75. The van der Waals surface area contributed by atoms with Gasteiger partial charge in [0, 0.05) is 17.3 Å². The maximum Gasteiger partial charge on any atom is 0.325 e. The molecule has 2 aromatic carbocycles. The van der Waals surface area contributed by atoms with E-state index in [1.54, 1.807) is 24.4 Å². The number of rotatable bonds is 5. The Morgan fingerprint density at radius 1 is 1.11 bits per heavy atom. The molecule has 28 heavy (non-hydrogen) atoms. The summed E-state index contributed by atoms with van der Waals surface area (Å²) >= 11 is 1.40. The molecule has 0 N–H and O–H groups in total. The Bertz CT molecular complexity index is 1230. The Labute approximate surface area is 165 Å². The normalized spacial score (nSPS) is 11.0. The van der Waals surface area contributed by atoms with Crippen LogP contribution in [0.5, 0.6) is 0 Å². The third-order valence-electron chi connectivity index (χ3n) is 4.41. The Morgan fingerprint density at radius 3 is 2.79 bits per heavy atom. The molecule has 0 aliphatic carbocycles. The van der Waals surface area contributed by atoms with Crippen LogP contribution in [0.15, 0.2) is 70.7 Å². The maximum absolute atomic E-state index is 12.9. The average Bonchev–Trinajstić information content (AvgIpc) is 2.74. The number of pyridine rings is 1. The number of benzene rings is 2. The fraction of sp³-hybridized carbons (Fsp3) is 0.143. The number of nitrogens with zero attached hydrogens (tertiary/aromatic N) is 3. The van der Waals surface area contributed by atoms with Gasteiger partial charge in [-0.15, -0.1) is 0 Å². The Hall–Kier alpha value is -3.19. The van der Waals surface area contributed by atoms with Gasteiger partial charge in [0.05, 0.1) is 23.5 Å². The lowest BCUT2D eigenvalue weighted by Gasteiger charge is -2.12. The molecule has 4 rings (SSSR count). The molecule has 0 saturated heterocycles. The SMILES string of the molecule is COC(=O)Cn1c(SCc2cccc3cccnc23)nc2ccccc2c1=O. The quantitative estimate of drug-likeness (QED) is 0.295. The van der Waals surface area contributed by atoms with Crippen molar-refractivity contribution in [1.82, 2.24) is 14.5 Å². The van der Waals surface area contributed by atoms with Crippen molar-refractivity contribution >= 4 is 39.5 Å². The molecule has 4 aromatic rings. The summed E-state index contributed by atoms with van der Waals surface area (Å²) in [5.41, 5.74) is 2.30. The van der Waals surface area contributed by atoms with Crippen LogP contribution in [-0.4, -0.2) is 27.6 Å². The summed E-state index contributed by atoms with van der Waals surface area (Å²) < 4.78 is 6.12. The number of aromatic nitrogens is 3. The highest BCUT2D eigenvalue weighted by atomic mass is 32.2. The second kappa shape index (κ2) is 7.82. The molecule has 0 bridgehead atoms. The van der Waals surface area contributed by atoms with Crippen LogP contribution in [0, 0.1) is 0 Å². The largest absolute Gasteiger partial charge is 0.468 e. The fourth-order valence-electron chi connectivity index (χ4n) is 3.02. The molecule has 0 atom stereocenters. The van der Waals surface area contributed by atoms with E-state index >= 15 is 0 Å². The minimum absolute atomic E-state index is 0.177. The van der Waals surface area contributed by atoms with Gasteiger partial charge in [-0.3, -0.25) is 19.1 Å². The number of hydrogen-bond donors (Lipinski definition) is 0. The summed E-state index contributed by atoms with van der Waals surface area (Å²) in [4.78, 5) is 33.8. The minimum Gasteiger partial charge on any atom is -0.468 e. The highest BCUT2D eigenvalue weighted by molar-refractivity contribution is 7.98. The number of esters is 1. The first-order valence-corrected chi connectivity index (χ1v) is 9.68. The molecule has 0 fully saturated rings. The zero-order valence-electron chi connectivity index (χ0n) is 15.2. The molecule has 0 radical (unpaired) electrons. The van der Waals surface area contributed by atoms with Crippen molar-refractivity contribution in [3.05, 3.63) is 76.7 Å². The van der Waals surface area contributed by atoms with Crippen molar-refractivity contribution < 1.29 is 9.53 Å². The van der Waals surface area contributed by atoms with Crippen LogP contribution in [0.2, 0.25) is 0 Å². The summed E-state index contributed by atoms with van der Waals surface area (Å²) in [6.45, 7) is -0.177. The highest BCUT2D eigenvalue weighted by Crippen LogP contribution is 2.26. The lowest BCUT2D eigenvalue weighted by molar-refractivity contribution is -0.141. The summed E-state index contributed by atoms with van der Waals surface area (Å²) in [7, 11) is 1.30. The van der Waals surface area contributed by atoms with E-state index in [1.165, 1.54) is 23.4 Å². The molecule has 0 spiro atoms. The predicted molar refractivity (Wildman–Crippen MR) is 109 cm³/mol. The van der Waals surface area contributed by atoms with Crippen molar-refractivity contribution in [3.8, 4) is 0 Å². The van der Waals surface area contributed by atoms with Crippen LogP contribution < -0.4 is 5.56 Å². The number of fused-ring (bicyclic) bond motifs is 2. The number of hydrogen-bond acceptors (Lipinski definition) is 6. The molecular weight excluding hydrogens is 374 g/mol. The van der Waals surface area contributed by atoms with E-state index in [4.69, 9.17) is 4.74 Å². The molecule has 0 unspecified atom stereocenters. The van der Waals surface area contributed by atoms with Gasteiger partial charge in [0.15, 0.2) is 5.16 Å². The summed E-state index contributed by atoms with van der Waals surface area (Å²) in [5, 5.41) is 2.00. The zero-order chi connectivity index (χ0) is 19.5. The van der Waals surface area contributed by atoms with Gasteiger partial charge in [-0.25, -0.2) is 4.98 Å². The van der Waals surface area contributed by atoms with Crippen molar-refractivity contribution in [2.45, 2.75) is 17.5 Å². The standard InChI is InChI=1S/C21H17N3O3S/c1-27-18(25)12-24-20(26)16-9-2-3-10-17(16)23-21(24)28-13-15-7-4-6-14-8-5-11-22-19(14)15/h2-11H,12-13H2,1H3. The minimum atomic E-state index is -0.493. The zero-order valence-corrected chi connectivity index (χ0v) is 16.0. The topological polar surface area (TPSA) is 74.1 Å². The first-order valence-electron chi connectivity index (χ1n) is 8.69.